The van der Waals surface area contributed by atoms with E-state index in [9.17, 15) is 4.79 Å². The minimum Gasteiger partial charge on any atom is -0.355 e. The van der Waals surface area contributed by atoms with Crippen LogP contribution in [0.1, 0.15) is 23.3 Å². The molecule has 2 heterocycles. The Balaban J connectivity index is 1.70. The predicted octanol–water partition coefficient (Wildman–Crippen LogP) is 2.98. The van der Waals surface area contributed by atoms with E-state index in [2.05, 4.69) is 20.2 Å². The van der Waals surface area contributed by atoms with Crippen molar-refractivity contribution >= 4 is 29.0 Å². The van der Waals surface area contributed by atoms with Crippen molar-refractivity contribution in [3.8, 4) is 0 Å². The van der Waals surface area contributed by atoms with Crippen LogP contribution in [0.3, 0.4) is 0 Å². The Labute approximate surface area is 128 Å². The third-order valence-corrected chi connectivity index (χ3v) is 3.62. The smallest absolute Gasteiger partial charge is 0.275 e. The van der Waals surface area contributed by atoms with E-state index in [0.29, 0.717) is 10.7 Å². The van der Waals surface area contributed by atoms with Gasteiger partial charge in [-0.05, 0) is 31.0 Å². The van der Waals surface area contributed by atoms with Gasteiger partial charge in [-0.25, -0.2) is 9.97 Å². The summed E-state index contributed by atoms with van der Waals surface area (Å²) in [6, 6.07) is 6.99. The van der Waals surface area contributed by atoms with E-state index < -0.39 is 0 Å². The van der Waals surface area contributed by atoms with Gasteiger partial charge in [0.05, 0.1) is 12.4 Å². The second-order valence-electron chi connectivity index (χ2n) is 4.92. The Hall–Kier alpha value is -2.14. The minimum absolute atomic E-state index is 0.290. The van der Waals surface area contributed by atoms with Gasteiger partial charge in [-0.3, -0.25) is 4.79 Å². The number of amides is 1. The van der Waals surface area contributed by atoms with E-state index in [0.717, 1.165) is 18.9 Å². The van der Waals surface area contributed by atoms with Crippen molar-refractivity contribution in [3.05, 3.63) is 47.4 Å². The molecular weight excluding hydrogens is 288 g/mol. The van der Waals surface area contributed by atoms with Gasteiger partial charge < -0.3 is 10.2 Å². The van der Waals surface area contributed by atoms with Crippen LogP contribution >= 0.6 is 11.6 Å². The summed E-state index contributed by atoms with van der Waals surface area (Å²) in [6.45, 7) is 2.01. The van der Waals surface area contributed by atoms with E-state index in [1.807, 2.05) is 0 Å². The zero-order valence-corrected chi connectivity index (χ0v) is 12.2. The van der Waals surface area contributed by atoms with Crippen LogP contribution < -0.4 is 10.2 Å². The van der Waals surface area contributed by atoms with E-state index >= 15 is 0 Å². The van der Waals surface area contributed by atoms with E-state index in [1.54, 1.807) is 30.5 Å². The van der Waals surface area contributed by atoms with Crippen molar-refractivity contribution in [3.63, 3.8) is 0 Å². The van der Waals surface area contributed by atoms with Gasteiger partial charge in [-0.2, -0.15) is 0 Å². The molecule has 1 amide bonds. The number of hydrogen-bond donors (Lipinski definition) is 1. The molecule has 21 heavy (non-hydrogen) atoms. The fraction of sp³-hybridized carbons (Fsp3) is 0.267. The summed E-state index contributed by atoms with van der Waals surface area (Å²) in [5, 5.41) is 3.32. The summed E-state index contributed by atoms with van der Waals surface area (Å²) < 4.78 is 0. The average Bonchev–Trinajstić information content (AvgIpc) is 3.01. The van der Waals surface area contributed by atoms with Gasteiger partial charge in [0.15, 0.2) is 0 Å². The third-order valence-electron chi connectivity index (χ3n) is 3.38. The van der Waals surface area contributed by atoms with Crippen molar-refractivity contribution in [2.75, 3.05) is 23.3 Å². The third kappa shape index (κ3) is 3.31. The lowest BCUT2D eigenvalue weighted by molar-refractivity contribution is 0.102. The molecule has 0 saturated carbocycles. The molecule has 0 bridgehead atoms. The van der Waals surface area contributed by atoms with Crippen LogP contribution in [0.2, 0.25) is 5.02 Å². The summed E-state index contributed by atoms with van der Waals surface area (Å²) in [6.07, 6.45) is 5.52. The number of rotatable bonds is 3. The molecule has 1 aromatic heterocycles. The van der Waals surface area contributed by atoms with Crippen LogP contribution in [0.4, 0.5) is 11.5 Å². The zero-order valence-electron chi connectivity index (χ0n) is 11.4. The number of aromatic nitrogens is 2. The molecule has 1 aromatic carbocycles. The van der Waals surface area contributed by atoms with Crippen LogP contribution in [0.25, 0.3) is 0 Å². The number of nitrogens with one attached hydrogen (secondary N) is 1. The first-order valence-electron chi connectivity index (χ1n) is 6.86. The van der Waals surface area contributed by atoms with Crippen molar-refractivity contribution in [2.45, 2.75) is 12.8 Å². The molecule has 1 fully saturated rings. The Morgan fingerprint density at radius 2 is 2.00 bits per heavy atom. The topological polar surface area (TPSA) is 58.1 Å². The molecule has 2 aromatic rings. The molecule has 0 unspecified atom stereocenters. The molecule has 1 aliphatic rings. The number of carbonyl (C=O) groups is 1. The molecule has 1 aliphatic heterocycles. The Kier molecular flexibility index (Phi) is 4.01. The van der Waals surface area contributed by atoms with Gasteiger partial charge in [-0.1, -0.05) is 17.7 Å². The number of benzene rings is 1. The standard InChI is InChI=1S/C15H15ClN4O/c16-11-4-3-5-12(8-11)19-15(21)13-9-18-14(10-17-13)20-6-1-2-7-20/h3-5,8-10H,1-2,6-7H2,(H,19,21). The highest BCUT2D eigenvalue weighted by Gasteiger charge is 2.15. The number of halogens is 1. The molecule has 5 nitrogen and oxygen atoms in total. The molecule has 108 valence electrons. The minimum atomic E-state index is -0.294. The van der Waals surface area contributed by atoms with Crippen LogP contribution in [-0.2, 0) is 0 Å². The summed E-state index contributed by atoms with van der Waals surface area (Å²) in [5.74, 6) is 0.532. The fourth-order valence-corrected chi connectivity index (χ4v) is 2.50. The lowest BCUT2D eigenvalue weighted by atomic mass is 10.3. The summed E-state index contributed by atoms with van der Waals surface area (Å²) in [4.78, 5) is 22.8. The molecule has 0 radical (unpaired) electrons. The number of hydrogen-bond acceptors (Lipinski definition) is 4. The summed E-state index contributed by atoms with van der Waals surface area (Å²) in [7, 11) is 0. The van der Waals surface area contributed by atoms with Crippen molar-refractivity contribution in [2.24, 2.45) is 0 Å². The number of carbonyl (C=O) groups excluding carboxylic acids is 1. The summed E-state index contributed by atoms with van der Waals surface area (Å²) in [5.41, 5.74) is 0.927. The Bertz CT molecular complexity index is 638. The zero-order chi connectivity index (χ0) is 14.7. The molecule has 1 N–H and O–H groups in total. The highest BCUT2D eigenvalue weighted by atomic mass is 35.5. The molecule has 1 saturated heterocycles. The van der Waals surface area contributed by atoms with Crippen LogP contribution in [-0.4, -0.2) is 29.0 Å². The maximum absolute atomic E-state index is 12.1. The molecule has 0 atom stereocenters. The maximum atomic E-state index is 12.1. The van der Waals surface area contributed by atoms with Gasteiger partial charge in [0.25, 0.3) is 5.91 Å². The Morgan fingerprint density at radius 1 is 1.19 bits per heavy atom. The molecule has 3 rings (SSSR count). The van der Waals surface area contributed by atoms with E-state index in [1.165, 1.54) is 19.0 Å². The predicted molar refractivity (Wildman–Crippen MR) is 82.9 cm³/mol. The first-order valence-corrected chi connectivity index (χ1v) is 7.24. The molecule has 0 spiro atoms. The number of nitrogens with zero attached hydrogens (tertiary/aromatic N) is 3. The first kappa shape index (κ1) is 13.8. The van der Waals surface area contributed by atoms with Gasteiger partial charge in [0.2, 0.25) is 0 Å². The van der Waals surface area contributed by atoms with Crippen LogP contribution in [0.5, 0.6) is 0 Å². The van der Waals surface area contributed by atoms with Gasteiger partial charge >= 0.3 is 0 Å². The normalized spacial score (nSPS) is 14.2. The first-order chi connectivity index (χ1) is 10.2. The second-order valence-corrected chi connectivity index (χ2v) is 5.35. The van der Waals surface area contributed by atoms with Gasteiger partial charge in [0, 0.05) is 23.8 Å². The molecular formula is C15H15ClN4O. The van der Waals surface area contributed by atoms with Crippen molar-refractivity contribution in [1.29, 1.82) is 0 Å². The molecule has 0 aliphatic carbocycles. The molecule has 6 heteroatoms. The largest absolute Gasteiger partial charge is 0.355 e. The lowest BCUT2D eigenvalue weighted by Gasteiger charge is -2.15. The van der Waals surface area contributed by atoms with E-state index in [4.69, 9.17) is 11.6 Å². The number of anilines is 2. The summed E-state index contributed by atoms with van der Waals surface area (Å²) >= 11 is 5.88. The Morgan fingerprint density at radius 3 is 2.67 bits per heavy atom. The monoisotopic (exact) mass is 302 g/mol. The van der Waals surface area contributed by atoms with Gasteiger partial charge in [0.1, 0.15) is 11.5 Å². The van der Waals surface area contributed by atoms with E-state index in [-0.39, 0.29) is 11.6 Å². The highest BCUT2D eigenvalue weighted by molar-refractivity contribution is 6.30. The van der Waals surface area contributed by atoms with Crippen molar-refractivity contribution in [1.82, 2.24) is 9.97 Å². The van der Waals surface area contributed by atoms with Gasteiger partial charge in [-0.15, -0.1) is 0 Å². The lowest BCUT2D eigenvalue weighted by Crippen LogP contribution is -2.20. The second kappa shape index (κ2) is 6.10. The highest BCUT2D eigenvalue weighted by Crippen LogP contribution is 2.17. The quantitative estimate of drug-likeness (QED) is 0.947. The average molecular weight is 303 g/mol. The van der Waals surface area contributed by atoms with Crippen molar-refractivity contribution < 1.29 is 4.79 Å². The van der Waals surface area contributed by atoms with Crippen LogP contribution in [0, 0.1) is 0 Å². The van der Waals surface area contributed by atoms with Crippen LogP contribution in [0.15, 0.2) is 36.7 Å². The maximum Gasteiger partial charge on any atom is 0.275 e. The SMILES string of the molecule is O=C(Nc1cccc(Cl)c1)c1cnc(N2CCCC2)cn1. The fourth-order valence-electron chi connectivity index (χ4n) is 2.31.